The fraction of sp³-hybridized carbons (Fsp3) is 0.0435. The number of carbonyl (C=O) groups excluding carboxylic acids is 2. The molecule has 6 rings (SSSR count). The molecule has 2 aliphatic rings. The molecule has 0 unspecified atom stereocenters. The molecule has 0 saturated carbocycles. The van der Waals surface area contributed by atoms with Crippen molar-refractivity contribution in [2.75, 3.05) is 7.05 Å². The summed E-state index contributed by atoms with van der Waals surface area (Å²) in [7, 11) is 1.54. The molecule has 1 aliphatic heterocycles. The summed E-state index contributed by atoms with van der Waals surface area (Å²) >= 11 is 0. The van der Waals surface area contributed by atoms with Crippen LogP contribution in [0.1, 0.15) is 20.7 Å². The number of hydrogen-bond donors (Lipinski definition) is 0. The standard InChI is InChI=1S/C23H13NO2/c1-24-22(25)16-8-6-14-18-10-12-4-2-3-5-13(12)11-19(18)15-7-9-17(23(24)26)21(16)20(14)15/h2-11H,1H3. The second kappa shape index (κ2) is 4.38. The fourth-order valence-corrected chi connectivity index (χ4v) is 4.44. The topological polar surface area (TPSA) is 37.4 Å². The van der Waals surface area contributed by atoms with E-state index in [2.05, 4.69) is 24.3 Å². The lowest BCUT2D eigenvalue weighted by Gasteiger charge is -2.24. The van der Waals surface area contributed by atoms with Crippen LogP contribution < -0.4 is 0 Å². The molecule has 0 saturated heterocycles. The minimum atomic E-state index is -0.229. The highest BCUT2D eigenvalue weighted by atomic mass is 16.2. The van der Waals surface area contributed by atoms with E-state index in [0.29, 0.717) is 11.1 Å². The van der Waals surface area contributed by atoms with Crippen molar-refractivity contribution >= 4 is 33.4 Å². The molecule has 2 amide bonds. The molecule has 0 spiro atoms. The van der Waals surface area contributed by atoms with Crippen molar-refractivity contribution in [1.82, 2.24) is 4.90 Å². The van der Waals surface area contributed by atoms with Crippen molar-refractivity contribution in [3.63, 3.8) is 0 Å². The van der Waals surface area contributed by atoms with Gasteiger partial charge in [0.15, 0.2) is 0 Å². The average molecular weight is 335 g/mol. The normalized spacial score (nSPS) is 14.4. The highest BCUT2D eigenvalue weighted by Crippen LogP contribution is 2.50. The lowest BCUT2D eigenvalue weighted by Crippen LogP contribution is -2.36. The Balaban J connectivity index is 1.80. The SMILES string of the molecule is CN1C(=O)c2ccc3c4c(ccc(c24)C1=O)-c1cc2ccccc2cc1-3. The van der Waals surface area contributed by atoms with Crippen LogP contribution in [-0.2, 0) is 0 Å². The predicted molar refractivity (Wildman–Crippen MR) is 102 cm³/mol. The summed E-state index contributed by atoms with van der Waals surface area (Å²) in [6.07, 6.45) is 0. The van der Waals surface area contributed by atoms with Crippen LogP contribution in [0.5, 0.6) is 0 Å². The third-order valence-electron chi connectivity index (χ3n) is 5.70. The average Bonchev–Trinajstić information content (AvgIpc) is 2.99. The van der Waals surface area contributed by atoms with Crippen LogP contribution in [0, 0.1) is 0 Å². The van der Waals surface area contributed by atoms with Crippen molar-refractivity contribution in [3.8, 4) is 22.3 Å². The molecule has 4 aromatic carbocycles. The van der Waals surface area contributed by atoms with Crippen LogP contribution >= 0.6 is 0 Å². The molecule has 0 fully saturated rings. The van der Waals surface area contributed by atoms with Gasteiger partial charge in [-0.2, -0.15) is 0 Å². The zero-order chi connectivity index (χ0) is 17.6. The van der Waals surface area contributed by atoms with Crippen molar-refractivity contribution in [2.24, 2.45) is 0 Å². The summed E-state index contributed by atoms with van der Waals surface area (Å²) in [4.78, 5) is 26.5. The molecule has 1 aliphatic carbocycles. The van der Waals surface area contributed by atoms with Gasteiger partial charge in [-0.3, -0.25) is 14.5 Å². The molecule has 1 heterocycles. The Morgan fingerprint density at radius 2 is 1.00 bits per heavy atom. The van der Waals surface area contributed by atoms with Gasteiger partial charge in [0.2, 0.25) is 0 Å². The lowest BCUT2D eigenvalue weighted by molar-refractivity contribution is 0.0651. The minimum absolute atomic E-state index is 0.229. The van der Waals surface area contributed by atoms with Gasteiger partial charge in [-0.25, -0.2) is 0 Å². The molecule has 3 nitrogen and oxygen atoms in total. The second-order valence-corrected chi connectivity index (χ2v) is 6.99. The molecule has 0 N–H and O–H groups in total. The Morgan fingerprint density at radius 3 is 1.50 bits per heavy atom. The molecule has 122 valence electrons. The van der Waals surface area contributed by atoms with Crippen molar-refractivity contribution in [3.05, 3.63) is 71.8 Å². The number of rotatable bonds is 0. The zero-order valence-electron chi connectivity index (χ0n) is 14.0. The second-order valence-electron chi connectivity index (χ2n) is 6.99. The van der Waals surface area contributed by atoms with Gasteiger partial charge in [-0.15, -0.1) is 0 Å². The van der Waals surface area contributed by atoms with Crippen LogP contribution in [0.2, 0.25) is 0 Å². The van der Waals surface area contributed by atoms with Crippen molar-refractivity contribution < 1.29 is 9.59 Å². The van der Waals surface area contributed by atoms with Crippen molar-refractivity contribution in [1.29, 1.82) is 0 Å². The molecular formula is C23H13NO2. The predicted octanol–water partition coefficient (Wildman–Crippen LogP) is 4.87. The Morgan fingerprint density at radius 1 is 0.577 bits per heavy atom. The van der Waals surface area contributed by atoms with E-state index in [1.807, 2.05) is 36.4 Å². The maximum absolute atomic E-state index is 12.6. The lowest BCUT2D eigenvalue weighted by atomic mass is 9.91. The largest absolute Gasteiger partial charge is 0.277 e. The highest BCUT2D eigenvalue weighted by Gasteiger charge is 2.34. The Labute approximate surface area is 149 Å². The fourth-order valence-electron chi connectivity index (χ4n) is 4.44. The monoisotopic (exact) mass is 335 g/mol. The van der Waals surface area contributed by atoms with Gasteiger partial charge >= 0.3 is 0 Å². The van der Waals surface area contributed by atoms with Crippen LogP contribution in [0.4, 0.5) is 0 Å². The van der Waals surface area contributed by atoms with E-state index in [1.54, 1.807) is 7.05 Å². The molecule has 0 bridgehead atoms. The zero-order valence-corrected chi connectivity index (χ0v) is 14.0. The minimum Gasteiger partial charge on any atom is -0.277 e. The molecule has 0 atom stereocenters. The summed E-state index contributed by atoms with van der Waals surface area (Å²) in [5, 5.41) is 4.21. The summed E-state index contributed by atoms with van der Waals surface area (Å²) in [5.74, 6) is -0.459. The maximum atomic E-state index is 12.6. The van der Waals surface area contributed by atoms with Gasteiger partial charge in [-0.1, -0.05) is 36.4 Å². The van der Waals surface area contributed by atoms with Crippen LogP contribution in [0.3, 0.4) is 0 Å². The summed E-state index contributed by atoms with van der Waals surface area (Å²) in [5.41, 5.74) is 5.76. The molecule has 3 heteroatoms. The third-order valence-corrected chi connectivity index (χ3v) is 5.70. The van der Waals surface area contributed by atoms with E-state index in [1.165, 1.54) is 26.8 Å². The summed E-state index contributed by atoms with van der Waals surface area (Å²) in [6, 6.07) is 20.5. The van der Waals surface area contributed by atoms with Crippen LogP contribution in [0.25, 0.3) is 43.8 Å². The molecular weight excluding hydrogens is 322 g/mol. The molecule has 4 aromatic rings. The van der Waals surface area contributed by atoms with Gasteiger partial charge in [0.25, 0.3) is 11.8 Å². The van der Waals surface area contributed by atoms with Gasteiger partial charge in [0.1, 0.15) is 0 Å². The summed E-state index contributed by atoms with van der Waals surface area (Å²) in [6.45, 7) is 0. The van der Waals surface area contributed by atoms with Crippen LogP contribution in [-0.4, -0.2) is 23.8 Å². The number of benzene rings is 4. The first-order valence-corrected chi connectivity index (χ1v) is 8.61. The van der Waals surface area contributed by atoms with Crippen LogP contribution in [0.15, 0.2) is 60.7 Å². The number of nitrogens with zero attached hydrogens (tertiary/aromatic N) is 1. The first-order chi connectivity index (χ1) is 12.6. The maximum Gasteiger partial charge on any atom is 0.261 e. The first-order valence-electron chi connectivity index (χ1n) is 8.61. The first kappa shape index (κ1) is 13.8. The number of hydrogen-bond acceptors (Lipinski definition) is 2. The van der Waals surface area contributed by atoms with E-state index in [4.69, 9.17) is 0 Å². The molecule has 0 aromatic heterocycles. The van der Waals surface area contributed by atoms with E-state index in [-0.39, 0.29) is 11.8 Å². The number of fused-ring (bicyclic) bond motifs is 4. The van der Waals surface area contributed by atoms with Crippen molar-refractivity contribution in [2.45, 2.75) is 0 Å². The molecule has 0 radical (unpaired) electrons. The highest BCUT2D eigenvalue weighted by molar-refractivity contribution is 6.31. The van der Waals surface area contributed by atoms with E-state index >= 15 is 0 Å². The van der Waals surface area contributed by atoms with E-state index in [0.717, 1.165) is 21.9 Å². The summed E-state index contributed by atoms with van der Waals surface area (Å²) < 4.78 is 0. The van der Waals surface area contributed by atoms with Gasteiger partial charge < -0.3 is 0 Å². The van der Waals surface area contributed by atoms with E-state index < -0.39 is 0 Å². The van der Waals surface area contributed by atoms with E-state index in [9.17, 15) is 9.59 Å². The number of carbonyl (C=O) groups is 2. The Bertz CT molecular complexity index is 1240. The number of amides is 2. The molecule has 26 heavy (non-hydrogen) atoms. The number of imide groups is 1. The Hall–Kier alpha value is -3.46. The smallest absolute Gasteiger partial charge is 0.261 e. The Kier molecular flexibility index (Phi) is 2.32. The van der Waals surface area contributed by atoms with Gasteiger partial charge in [0, 0.05) is 23.6 Å². The van der Waals surface area contributed by atoms with Gasteiger partial charge in [-0.05, 0) is 62.7 Å². The third kappa shape index (κ3) is 1.45. The van der Waals surface area contributed by atoms with Gasteiger partial charge in [0.05, 0.1) is 0 Å². The quantitative estimate of drug-likeness (QED) is 0.379.